The Morgan fingerprint density at radius 3 is 2.54 bits per heavy atom. The van der Waals surface area contributed by atoms with E-state index in [1.165, 1.54) is 6.42 Å². The maximum atomic E-state index is 12.8. The molecule has 6 aromatic heterocycles. The summed E-state index contributed by atoms with van der Waals surface area (Å²) in [5.41, 5.74) is 7.68. The molecule has 0 aromatic carbocycles. The van der Waals surface area contributed by atoms with Crippen molar-refractivity contribution in [2.45, 2.75) is 32.1 Å². The number of H-pyrrole nitrogens is 2. The molecule has 0 bridgehead atoms. The van der Waals surface area contributed by atoms with Crippen molar-refractivity contribution >= 4 is 33.5 Å². The van der Waals surface area contributed by atoms with Crippen LogP contribution in [0.15, 0.2) is 73.6 Å². The van der Waals surface area contributed by atoms with Gasteiger partial charge in [0.25, 0.3) is 0 Å². The second-order valence-corrected chi connectivity index (χ2v) is 10.0. The Morgan fingerprint density at radius 2 is 1.67 bits per heavy atom. The van der Waals surface area contributed by atoms with Crippen LogP contribution in [0.4, 0.5) is 5.69 Å². The van der Waals surface area contributed by atoms with E-state index in [-0.39, 0.29) is 11.8 Å². The minimum absolute atomic E-state index is 0.0822. The van der Waals surface area contributed by atoms with Gasteiger partial charge < -0.3 is 10.3 Å². The van der Waals surface area contributed by atoms with Gasteiger partial charge in [0.2, 0.25) is 5.91 Å². The number of rotatable bonds is 5. The smallest absolute Gasteiger partial charge is 0.227 e. The molecule has 0 aliphatic heterocycles. The van der Waals surface area contributed by atoms with Crippen LogP contribution in [-0.2, 0) is 4.79 Å². The standard InChI is InChI=1S/C30H26N8O/c39-30(19-4-2-1-3-5-19)35-22-12-20(15-32-17-22)21-13-24-28(37-38-29(24)34-16-21)26-14-23-25(36-26)8-11-33-27(23)18-6-9-31-10-7-18/h6-17,19,36H,1-5H2,(H,35,39)(H,34,37,38). The van der Waals surface area contributed by atoms with Crippen LogP contribution in [0.1, 0.15) is 32.1 Å². The van der Waals surface area contributed by atoms with Crippen molar-refractivity contribution in [2.24, 2.45) is 5.92 Å². The highest BCUT2D eigenvalue weighted by Crippen LogP contribution is 2.34. The summed E-state index contributed by atoms with van der Waals surface area (Å²) in [7, 11) is 0. The van der Waals surface area contributed by atoms with Crippen molar-refractivity contribution in [3.05, 3.63) is 73.6 Å². The van der Waals surface area contributed by atoms with Gasteiger partial charge in [0, 0.05) is 69.9 Å². The predicted octanol–water partition coefficient (Wildman–Crippen LogP) is 6.14. The fourth-order valence-corrected chi connectivity index (χ4v) is 5.47. The first-order chi connectivity index (χ1) is 19.2. The number of aromatic amines is 2. The number of hydrogen-bond acceptors (Lipinski definition) is 6. The number of anilines is 1. The molecule has 6 heterocycles. The molecule has 3 N–H and O–H groups in total. The molecular formula is C30H26N8O. The molecule has 0 atom stereocenters. The summed E-state index contributed by atoms with van der Waals surface area (Å²) in [6.45, 7) is 0. The molecule has 1 saturated carbocycles. The number of amides is 1. The van der Waals surface area contributed by atoms with E-state index in [9.17, 15) is 4.79 Å². The van der Waals surface area contributed by atoms with Gasteiger partial charge in [0.1, 0.15) is 0 Å². The molecule has 9 nitrogen and oxygen atoms in total. The highest BCUT2D eigenvalue weighted by Gasteiger charge is 2.21. The largest absolute Gasteiger partial charge is 0.353 e. The first kappa shape index (κ1) is 23.2. The SMILES string of the molecule is O=C(Nc1cncc(-c2cnc3n[nH]c(-c4cc5c(-c6ccncc6)nccc5[nH]4)c3c2)c1)C1CCCCC1. The van der Waals surface area contributed by atoms with Crippen molar-refractivity contribution in [3.8, 4) is 33.8 Å². The van der Waals surface area contributed by atoms with E-state index in [4.69, 9.17) is 0 Å². The highest BCUT2D eigenvalue weighted by atomic mass is 16.1. The summed E-state index contributed by atoms with van der Waals surface area (Å²) in [6, 6.07) is 12.0. The minimum Gasteiger partial charge on any atom is -0.353 e. The third-order valence-corrected chi connectivity index (χ3v) is 7.50. The molecule has 0 unspecified atom stereocenters. The summed E-state index contributed by atoms with van der Waals surface area (Å²) in [5, 5.41) is 12.6. The van der Waals surface area contributed by atoms with Gasteiger partial charge in [-0.2, -0.15) is 5.10 Å². The molecule has 192 valence electrons. The Bertz CT molecular complexity index is 1800. The third kappa shape index (κ3) is 4.41. The molecule has 1 aliphatic carbocycles. The second kappa shape index (κ2) is 9.75. The van der Waals surface area contributed by atoms with Gasteiger partial charge in [-0.3, -0.25) is 24.8 Å². The van der Waals surface area contributed by atoms with Crippen LogP contribution in [0.3, 0.4) is 0 Å². The van der Waals surface area contributed by atoms with Crippen LogP contribution in [0.5, 0.6) is 0 Å². The van der Waals surface area contributed by atoms with Crippen molar-refractivity contribution in [1.29, 1.82) is 0 Å². The number of carbonyl (C=O) groups is 1. The van der Waals surface area contributed by atoms with Crippen molar-refractivity contribution in [3.63, 3.8) is 0 Å². The molecule has 0 spiro atoms. The second-order valence-electron chi connectivity index (χ2n) is 10.0. The fourth-order valence-electron chi connectivity index (χ4n) is 5.47. The lowest BCUT2D eigenvalue weighted by Crippen LogP contribution is -2.24. The van der Waals surface area contributed by atoms with E-state index in [1.807, 2.05) is 24.3 Å². The zero-order chi connectivity index (χ0) is 26.2. The number of pyridine rings is 4. The molecular weight excluding hydrogens is 488 g/mol. The lowest BCUT2D eigenvalue weighted by molar-refractivity contribution is -0.120. The average Bonchev–Trinajstić information content (AvgIpc) is 3.62. The summed E-state index contributed by atoms with van der Waals surface area (Å²) in [5.74, 6) is 0.165. The lowest BCUT2D eigenvalue weighted by Gasteiger charge is -2.20. The predicted molar refractivity (Wildman–Crippen MR) is 151 cm³/mol. The van der Waals surface area contributed by atoms with Gasteiger partial charge in [-0.05, 0) is 49.2 Å². The van der Waals surface area contributed by atoms with Gasteiger partial charge >= 0.3 is 0 Å². The molecule has 39 heavy (non-hydrogen) atoms. The van der Waals surface area contributed by atoms with E-state index < -0.39 is 0 Å². The first-order valence-electron chi connectivity index (χ1n) is 13.2. The summed E-state index contributed by atoms with van der Waals surface area (Å²) >= 11 is 0. The number of nitrogens with zero attached hydrogens (tertiary/aromatic N) is 5. The Hall–Kier alpha value is -4.92. The number of fused-ring (bicyclic) bond motifs is 2. The van der Waals surface area contributed by atoms with Gasteiger partial charge in [-0.15, -0.1) is 0 Å². The van der Waals surface area contributed by atoms with Crippen LogP contribution in [-0.4, -0.2) is 41.0 Å². The molecule has 1 fully saturated rings. The molecule has 0 radical (unpaired) electrons. The van der Waals surface area contributed by atoms with Gasteiger partial charge in [-0.1, -0.05) is 19.3 Å². The molecule has 0 saturated heterocycles. The number of aromatic nitrogens is 7. The van der Waals surface area contributed by atoms with Gasteiger partial charge in [0.05, 0.1) is 29.0 Å². The maximum Gasteiger partial charge on any atom is 0.227 e. The maximum absolute atomic E-state index is 12.8. The monoisotopic (exact) mass is 514 g/mol. The molecule has 1 amide bonds. The Balaban J connectivity index is 1.23. The molecule has 1 aliphatic rings. The lowest BCUT2D eigenvalue weighted by atomic mass is 9.88. The van der Waals surface area contributed by atoms with E-state index in [2.05, 4.69) is 52.6 Å². The molecule has 9 heteroatoms. The van der Waals surface area contributed by atoms with Crippen LogP contribution >= 0.6 is 0 Å². The van der Waals surface area contributed by atoms with Crippen LogP contribution in [0.25, 0.3) is 55.7 Å². The Morgan fingerprint density at radius 1 is 0.821 bits per heavy atom. The van der Waals surface area contributed by atoms with E-state index in [1.54, 1.807) is 37.2 Å². The summed E-state index contributed by atoms with van der Waals surface area (Å²) in [4.78, 5) is 34.0. The third-order valence-electron chi connectivity index (χ3n) is 7.50. The zero-order valence-electron chi connectivity index (χ0n) is 21.2. The number of carbonyl (C=O) groups excluding carboxylic acids is 1. The van der Waals surface area contributed by atoms with Crippen LogP contribution < -0.4 is 5.32 Å². The normalized spacial score (nSPS) is 14.2. The number of hydrogen-bond donors (Lipinski definition) is 3. The summed E-state index contributed by atoms with van der Waals surface area (Å²) < 4.78 is 0. The van der Waals surface area contributed by atoms with Crippen molar-refractivity contribution in [1.82, 2.24) is 35.1 Å². The zero-order valence-corrected chi connectivity index (χ0v) is 21.2. The van der Waals surface area contributed by atoms with Gasteiger partial charge in [-0.25, -0.2) is 4.98 Å². The number of nitrogens with one attached hydrogen (secondary N) is 3. The fraction of sp³-hybridized carbons (Fsp3) is 0.200. The van der Waals surface area contributed by atoms with Crippen molar-refractivity contribution < 1.29 is 4.79 Å². The van der Waals surface area contributed by atoms with E-state index in [0.29, 0.717) is 11.3 Å². The van der Waals surface area contributed by atoms with E-state index in [0.717, 1.165) is 75.7 Å². The highest BCUT2D eigenvalue weighted by molar-refractivity contribution is 6.00. The minimum atomic E-state index is 0.0822. The average molecular weight is 515 g/mol. The Kier molecular flexibility index (Phi) is 5.81. The topological polar surface area (TPSA) is 125 Å². The van der Waals surface area contributed by atoms with Crippen LogP contribution in [0.2, 0.25) is 0 Å². The molecule has 7 rings (SSSR count). The summed E-state index contributed by atoms with van der Waals surface area (Å²) in [6.07, 6.45) is 16.0. The van der Waals surface area contributed by atoms with E-state index >= 15 is 0 Å². The molecule has 6 aromatic rings. The Labute approximate surface area is 224 Å². The quantitative estimate of drug-likeness (QED) is 0.254. The van der Waals surface area contributed by atoms with Gasteiger partial charge in [0.15, 0.2) is 5.65 Å². The van der Waals surface area contributed by atoms with Crippen molar-refractivity contribution in [2.75, 3.05) is 5.32 Å². The van der Waals surface area contributed by atoms with Crippen LogP contribution in [0, 0.1) is 5.92 Å². The first-order valence-corrected chi connectivity index (χ1v) is 13.2.